The lowest BCUT2D eigenvalue weighted by Crippen LogP contribution is -2.38. The van der Waals surface area contributed by atoms with E-state index < -0.39 is 24.4 Å². The highest BCUT2D eigenvalue weighted by molar-refractivity contribution is 14.1. The molecule has 9 heteroatoms. The largest absolute Gasteiger partial charge is 0.493 e. The van der Waals surface area contributed by atoms with E-state index in [1.54, 1.807) is 25.3 Å². The summed E-state index contributed by atoms with van der Waals surface area (Å²) in [5, 5.41) is 7.62. The number of anilines is 1. The van der Waals surface area contributed by atoms with Gasteiger partial charge in [-0.25, -0.2) is 9.69 Å². The number of nitrogens with one attached hydrogen (secondary N) is 2. The molecule has 0 saturated carbocycles. The molecular formula is C32H28IN3O5. The minimum absolute atomic E-state index is 0.0686. The Kier molecular flexibility index (Phi) is 8.53. The number of benzene rings is 4. The fourth-order valence-electron chi connectivity index (χ4n) is 4.70. The number of amides is 4. The zero-order valence-electron chi connectivity index (χ0n) is 22.6. The van der Waals surface area contributed by atoms with Crippen LogP contribution in [-0.4, -0.2) is 36.4 Å². The number of halogens is 1. The van der Waals surface area contributed by atoms with E-state index >= 15 is 0 Å². The van der Waals surface area contributed by atoms with Crippen LogP contribution in [0, 0.1) is 3.57 Å². The Labute approximate surface area is 251 Å². The van der Waals surface area contributed by atoms with Crippen LogP contribution < -0.4 is 20.1 Å². The average Bonchev–Trinajstić information content (AvgIpc) is 3.23. The number of imide groups is 1. The summed E-state index contributed by atoms with van der Waals surface area (Å²) in [5.74, 6) is 0.0287. The van der Waals surface area contributed by atoms with E-state index in [0.717, 1.165) is 36.8 Å². The van der Waals surface area contributed by atoms with Gasteiger partial charge in [-0.15, -0.1) is 0 Å². The lowest BCUT2D eigenvalue weighted by Gasteiger charge is -2.15. The first-order valence-electron chi connectivity index (χ1n) is 13.1. The maximum Gasteiger partial charge on any atom is 0.329 e. The minimum atomic E-state index is -0.656. The molecule has 2 N–H and O–H groups in total. The van der Waals surface area contributed by atoms with E-state index in [-0.39, 0.29) is 5.70 Å². The summed E-state index contributed by atoms with van der Waals surface area (Å²) in [6.07, 6.45) is 2.30. The van der Waals surface area contributed by atoms with Gasteiger partial charge in [0.25, 0.3) is 5.91 Å². The second-order valence-electron chi connectivity index (χ2n) is 9.40. The highest BCUT2D eigenvalue weighted by Crippen LogP contribution is 2.36. The molecule has 4 amide bonds. The SMILES string of the molecule is CCc1ccccc1NC(=O)CN1C(=O)N/C(=C/c2cc(I)c(OCc3cccc4ccccc34)c(OC)c2)C1=O. The van der Waals surface area contributed by atoms with Crippen molar-refractivity contribution in [2.75, 3.05) is 19.0 Å². The van der Waals surface area contributed by atoms with Crippen molar-refractivity contribution in [3.8, 4) is 11.5 Å². The predicted molar refractivity (Wildman–Crippen MR) is 167 cm³/mol. The van der Waals surface area contributed by atoms with E-state index in [1.807, 2.05) is 55.5 Å². The molecule has 1 fully saturated rings. The van der Waals surface area contributed by atoms with Gasteiger partial charge in [0.1, 0.15) is 18.8 Å². The topological polar surface area (TPSA) is 97.0 Å². The van der Waals surface area contributed by atoms with Crippen LogP contribution in [0.25, 0.3) is 16.8 Å². The van der Waals surface area contributed by atoms with E-state index in [2.05, 4.69) is 51.4 Å². The number of ether oxygens (including phenoxy) is 2. The summed E-state index contributed by atoms with van der Waals surface area (Å²) in [4.78, 5) is 39.2. The quantitative estimate of drug-likeness (QED) is 0.128. The number of hydrogen-bond acceptors (Lipinski definition) is 5. The van der Waals surface area contributed by atoms with Crippen molar-refractivity contribution < 1.29 is 23.9 Å². The minimum Gasteiger partial charge on any atom is -0.493 e. The average molecular weight is 661 g/mol. The predicted octanol–water partition coefficient (Wildman–Crippen LogP) is 6.13. The van der Waals surface area contributed by atoms with Gasteiger partial charge in [-0.1, -0.05) is 67.6 Å². The number of urea groups is 1. The maximum atomic E-state index is 13.0. The van der Waals surface area contributed by atoms with Gasteiger partial charge in [-0.2, -0.15) is 0 Å². The molecule has 4 aromatic carbocycles. The smallest absolute Gasteiger partial charge is 0.329 e. The first-order chi connectivity index (χ1) is 19.9. The summed E-state index contributed by atoms with van der Waals surface area (Å²) >= 11 is 2.16. The number of rotatable bonds is 9. The monoisotopic (exact) mass is 661 g/mol. The number of methoxy groups -OCH3 is 1. The van der Waals surface area contributed by atoms with Gasteiger partial charge in [0.05, 0.1) is 10.7 Å². The third-order valence-electron chi connectivity index (χ3n) is 6.75. The molecule has 0 bridgehead atoms. The summed E-state index contributed by atoms with van der Waals surface area (Å²) in [7, 11) is 1.55. The molecule has 8 nitrogen and oxygen atoms in total. The molecular weight excluding hydrogens is 633 g/mol. The zero-order chi connectivity index (χ0) is 28.9. The Morgan fingerprint density at radius 3 is 2.54 bits per heavy atom. The lowest BCUT2D eigenvalue weighted by atomic mass is 10.1. The van der Waals surface area contributed by atoms with Crippen molar-refractivity contribution in [1.29, 1.82) is 0 Å². The van der Waals surface area contributed by atoms with Crippen LogP contribution in [0.5, 0.6) is 11.5 Å². The van der Waals surface area contributed by atoms with Crippen LogP contribution in [0.3, 0.4) is 0 Å². The molecule has 208 valence electrons. The first-order valence-corrected chi connectivity index (χ1v) is 14.1. The highest BCUT2D eigenvalue weighted by atomic mass is 127. The van der Waals surface area contributed by atoms with Gasteiger partial charge in [-0.3, -0.25) is 9.59 Å². The van der Waals surface area contributed by atoms with Crippen molar-refractivity contribution in [1.82, 2.24) is 10.2 Å². The maximum absolute atomic E-state index is 13.0. The van der Waals surface area contributed by atoms with Crippen LogP contribution in [0.2, 0.25) is 0 Å². The number of hydrogen-bond donors (Lipinski definition) is 2. The van der Waals surface area contributed by atoms with E-state index in [1.165, 1.54) is 0 Å². The van der Waals surface area contributed by atoms with Crippen LogP contribution in [0.1, 0.15) is 23.6 Å². The number of carbonyl (C=O) groups is 3. The van der Waals surface area contributed by atoms with Crippen LogP contribution >= 0.6 is 22.6 Å². The molecule has 41 heavy (non-hydrogen) atoms. The van der Waals surface area contributed by atoms with E-state index in [9.17, 15) is 14.4 Å². The Morgan fingerprint density at radius 2 is 1.73 bits per heavy atom. The number of fused-ring (bicyclic) bond motifs is 1. The Hall–Kier alpha value is -4.38. The Bertz CT molecular complexity index is 1680. The van der Waals surface area contributed by atoms with Crippen molar-refractivity contribution in [3.05, 3.63) is 105 Å². The fraction of sp³-hybridized carbons (Fsp3) is 0.156. The van der Waals surface area contributed by atoms with Gasteiger partial charge in [0.2, 0.25) is 5.91 Å². The molecule has 0 aliphatic carbocycles. The first kappa shape index (κ1) is 28.2. The molecule has 0 aromatic heterocycles. The van der Waals surface area contributed by atoms with Gasteiger partial charge in [0.15, 0.2) is 11.5 Å². The molecule has 1 aliphatic heterocycles. The fourth-order valence-corrected chi connectivity index (χ4v) is 5.48. The standard InChI is InChI=1S/C32H28IN3O5/c1-3-21-9-5-7-14-26(21)34-29(37)18-36-31(38)27(35-32(36)39)16-20-15-25(33)30(28(17-20)40-2)41-19-23-12-8-11-22-10-4-6-13-24(22)23/h4-17H,3,18-19H2,1-2H3,(H,34,37)(H,35,39)/b27-16+. The van der Waals surface area contributed by atoms with E-state index in [0.29, 0.717) is 29.4 Å². The van der Waals surface area contributed by atoms with Crippen LogP contribution in [0.15, 0.2) is 84.6 Å². The lowest BCUT2D eigenvalue weighted by molar-refractivity contribution is -0.127. The molecule has 5 rings (SSSR count). The number of nitrogens with zero attached hydrogens (tertiary/aromatic N) is 1. The van der Waals surface area contributed by atoms with Gasteiger partial charge >= 0.3 is 6.03 Å². The third-order valence-corrected chi connectivity index (χ3v) is 7.55. The summed E-state index contributed by atoms with van der Waals surface area (Å²) in [5.41, 5.74) is 3.38. The molecule has 1 saturated heterocycles. The summed E-state index contributed by atoms with van der Waals surface area (Å²) in [6.45, 7) is 1.93. The van der Waals surface area contributed by atoms with Gasteiger partial charge in [0, 0.05) is 5.69 Å². The molecule has 4 aromatic rings. The second kappa shape index (κ2) is 12.4. The second-order valence-corrected chi connectivity index (χ2v) is 10.6. The summed E-state index contributed by atoms with van der Waals surface area (Å²) < 4.78 is 12.6. The zero-order valence-corrected chi connectivity index (χ0v) is 24.7. The number of aryl methyl sites for hydroxylation is 1. The van der Waals surface area contributed by atoms with Gasteiger partial charge in [-0.05, 0) is 80.7 Å². The van der Waals surface area contributed by atoms with E-state index in [4.69, 9.17) is 9.47 Å². The van der Waals surface area contributed by atoms with Crippen molar-refractivity contribution >= 4 is 63.0 Å². The van der Waals surface area contributed by atoms with Gasteiger partial charge < -0.3 is 20.1 Å². The Balaban J connectivity index is 1.30. The van der Waals surface area contributed by atoms with Crippen LogP contribution in [-0.2, 0) is 22.6 Å². The normalized spacial score (nSPS) is 13.9. The Morgan fingerprint density at radius 1 is 1.00 bits per heavy atom. The molecule has 0 spiro atoms. The highest BCUT2D eigenvalue weighted by Gasteiger charge is 2.35. The molecule has 0 unspecified atom stereocenters. The molecule has 1 heterocycles. The van der Waals surface area contributed by atoms with Crippen LogP contribution in [0.4, 0.5) is 10.5 Å². The van der Waals surface area contributed by atoms with Crippen molar-refractivity contribution in [2.24, 2.45) is 0 Å². The van der Waals surface area contributed by atoms with Crippen molar-refractivity contribution in [3.63, 3.8) is 0 Å². The number of carbonyl (C=O) groups excluding carboxylic acids is 3. The molecule has 0 radical (unpaired) electrons. The summed E-state index contributed by atoms with van der Waals surface area (Å²) in [6, 6.07) is 24.6. The molecule has 1 aliphatic rings. The van der Waals surface area contributed by atoms with Crippen molar-refractivity contribution in [2.45, 2.75) is 20.0 Å². The third kappa shape index (κ3) is 6.19. The molecule has 0 atom stereocenters. The number of para-hydroxylation sites is 1.